The largest absolute Gasteiger partial charge is 0.288 e. The van der Waals surface area contributed by atoms with Crippen LogP contribution in [0.15, 0.2) is 72.0 Å². The van der Waals surface area contributed by atoms with E-state index >= 15 is 0 Å². The molecule has 0 heterocycles. The Balaban J connectivity index is 2.55. The highest BCUT2D eigenvalue weighted by Crippen LogP contribution is 2.30. The number of allylic oxidation sites excluding steroid dienone is 1. The number of rotatable bonds is 5. The highest BCUT2D eigenvalue weighted by atomic mass is 16.1. The number of hydrogen-bond acceptors (Lipinski definition) is 1. The van der Waals surface area contributed by atoms with Crippen LogP contribution in [0.5, 0.6) is 0 Å². The highest BCUT2D eigenvalue weighted by molar-refractivity contribution is 6.08. The minimum atomic E-state index is 0.0699. The second kappa shape index (κ2) is 7.95. The summed E-state index contributed by atoms with van der Waals surface area (Å²) in [5.41, 5.74) is 7.30. The van der Waals surface area contributed by atoms with Crippen LogP contribution in [-0.2, 0) is 0 Å². The first-order valence-corrected chi connectivity index (χ1v) is 8.54. The molecule has 124 valence electrons. The van der Waals surface area contributed by atoms with Gasteiger partial charge in [0.25, 0.3) is 0 Å². The van der Waals surface area contributed by atoms with Gasteiger partial charge in [-0.25, -0.2) is 0 Å². The summed E-state index contributed by atoms with van der Waals surface area (Å²) in [6.07, 6.45) is 1.55. The average Bonchev–Trinajstić information content (AvgIpc) is 2.58. The van der Waals surface area contributed by atoms with E-state index in [0.717, 1.165) is 28.7 Å². The van der Waals surface area contributed by atoms with Gasteiger partial charge in [-0.15, -0.1) is 5.73 Å². The molecule has 2 aromatic rings. The molecule has 0 aromatic heterocycles. The number of Topliss-reactive ketones (excluding diaryl/α,β-unsaturated/α-hetero) is 1. The summed E-state index contributed by atoms with van der Waals surface area (Å²) in [4.78, 5) is 12.8. The lowest BCUT2D eigenvalue weighted by Crippen LogP contribution is -2.07. The molecule has 0 radical (unpaired) electrons. The van der Waals surface area contributed by atoms with E-state index < -0.39 is 0 Å². The van der Waals surface area contributed by atoms with Crippen LogP contribution in [0, 0.1) is 5.41 Å². The van der Waals surface area contributed by atoms with Gasteiger partial charge in [-0.2, -0.15) is 0 Å². The summed E-state index contributed by atoms with van der Waals surface area (Å²) >= 11 is 0. The fourth-order valence-electron chi connectivity index (χ4n) is 2.64. The zero-order chi connectivity index (χ0) is 17.6. The molecule has 0 N–H and O–H groups in total. The van der Waals surface area contributed by atoms with Gasteiger partial charge in [-0.1, -0.05) is 88.4 Å². The van der Waals surface area contributed by atoms with Gasteiger partial charge >= 0.3 is 0 Å². The van der Waals surface area contributed by atoms with Gasteiger partial charge in [0, 0.05) is 16.7 Å². The molecule has 0 unspecified atom stereocenters. The maximum atomic E-state index is 12.8. The number of benzene rings is 2. The maximum Gasteiger partial charge on any atom is 0.196 e. The van der Waals surface area contributed by atoms with Crippen LogP contribution >= 0.6 is 0 Å². The molecule has 0 saturated heterocycles. The Labute approximate surface area is 145 Å². The van der Waals surface area contributed by atoms with Crippen molar-refractivity contribution in [2.45, 2.75) is 40.5 Å². The molecule has 0 amide bonds. The van der Waals surface area contributed by atoms with Crippen molar-refractivity contribution in [2.75, 3.05) is 0 Å². The lowest BCUT2D eigenvalue weighted by Gasteiger charge is -2.19. The predicted octanol–water partition coefficient (Wildman–Crippen LogP) is 6.32. The smallest absolute Gasteiger partial charge is 0.196 e. The second-order valence-corrected chi connectivity index (χ2v) is 7.23. The SMILES string of the molecule is CCC(=C=C(CC(C)(C)C)c1ccccc1)C(=O)c1ccccc1. The summed E-state index contributed by atoms with van der Waals surface area (Å²) < 4.78 is 0. The van der Waals surface area contributed by atoms with E-state index in [2.05, 4.69) is 38.6 Å². The highest BCUT2D eigenvalue weighted by Gasteiger charge is 2.16. The average molecular weight is 318 g/mol. The lowest BCUT2D eigenvalue weighted by molar-refractivity contribution is 0.103. The van der Waals surface area contributed by atoms with Crippen LogP contribution in [0.25, 0.3) is 5.57 Å². The monoisotopic (exact) mass is 318 g/mol. The van der Waals surface area contributed by atoms with Crippen molar-refractivity contribution in [1.29, 1.82) is 0 Å². The third-order valence-electron chi connectivity index (χ3n) is 3.79. The standard InChI is InChI=1S/C23H26O/c1-5-18(22(24)20-14-10-7-11-15-20)16-21(17-23(2,3)4)19-12-8-6-9-13-19/h6-15H,5,17H2,1-4H3. The van der Waals surface area contributed by atoms with Crippen LogP contribution in [0.4, 0.5) is 0 Å². The molecule has 2 rings (SSSR count). The molecular formula is C23H26O. The van der Waals surface area contributed by atoms with E-state index in [0.29, 0.717) is 6.42 Å². The number of hydrogen-bond donors (Lipinski definition) is 0. The molecule has 2 aromatic carbocycles. The van der Waals surface area contributed by atoms with E-state index in [1.54, 1.807) is 0 Å². The zero-order valence-corrected chi connectivity index (χ0v) is 15.1. The van der Waals surface area contributed by atoms with Crippen LogP contribution in [0.2, 0.25) is 0 Å². The Bertz CT molecular complexity index is 740. The summed E-state index contributed by atoms with van der Waals surface area (Å²) in [6.45, 7) is 8.65. The Morgan fingerprint density at radius 1 is 0.875 bits per heavy atom. The Kier molecular flexibility index (Phi) is 5.95. The molecule has 0 aliphatic rings. The van der Waals surface area contributed by atoms with Crippen LogP contribution in [0.3, 0.4) is 0 Å². The fourth-order valence-corrected chi connectivity index (χ4v) is 2.64. The first-order valence-electron chi connectivity index (χ1n) is 8.54. The van der Waals surface area contributed by atoms with Gasteiger partial charge in [-0.3, -0.25) is 4.79 Å². The summed E-state index contributed by atoms with van der Waals surface area (Å²) in [6, 6.07) is 19.7. The first kappa shape index (κ1) is 18.0. The second-order valence-electron chi connectivity index (χ2n) is 7.23. The van der Waals surface area contributed by atoms with Crippen molar-refractivity contribution in [3.8, 4) is 0 Å². The molecule has 0 bridgehead atoms. The fraction of sp³-hybridized carbons (Fsp3) is 0.304. The third-order valence-corrected chi connectivity index (χ3v) is 3.79. The number of carbonyl (C=O) groups excluding carboxylic acids is 1. The van der Waals surface area contributed by atoms with Gasteiger partial charge in [-0.05, 0) is 23.8 Å². The van der Waals surface area contributed by atoms with E-state index in [1.165, 1.54) is 0 Å². The molecule has 0 fully saturated rings. The van der Waals surface area contributed by atoms with Crippen molar-refractivity contribution in [3.05, 3.63) is 83.1 Å². The van der Waals surface area contributed by atoms with Crippen LogP contribution in [-0.4, -0.2) is 5.78 Å². The summed E-state index contributed by atoms with van der Waals surface area (Å²) in [5, 5.41) is 0. The Hall–Kier alpha value is -2.37. The Morgan fingerprint density at radius 3 is 1.83 bits per heavy atom. The van der Waals surface area contributed by atoms with E-state index in [-0.39, 0.29) is 11.2 Å². The quantitative estimate of drug-likeness (QED) is 0.358. The molecular weight excluding hydrogens is 292 g/mol. The molecule has 0 atom stereocenters. The summed E-state index contributed by atoms with van der Waals surface area (Å²) in [5.74, 6) is 0.0699. The molecule has 1 nitrogen and oxygen atoms in total. The van der Waals surface area contributed by atoms with Gasteiger partial charge in [0.2, 0.25) is 0 Å². The minimum Gasteiger partial charge on any atom is -0.288 e. The van der Waals surface area contributed by atoms with Crippen molar-refractivity contribution in [2.24, 2.45) is 5.41 Å². The third kappa shape index (κ3) is 5.08. The Morgan fingerprint density at radius 2 is 1.38 bits per heavy atom. The molecule has 1 heteroatoms. The normalized spacial score (nSPS) is 10.8. The van der Waals surface area contributed by atoms with Gasteiger partial charge in [0.05, 0.1) is 0 Å². The molecule has 0 spiro atoms. The zero-order valence-electron chi connectivity index (χ0n) is 15.1. The van der Waals surface area contributed by atoms with Crippen LogP contribution < -0.4 is 0 Å². The first-order chi connectivity index (χ1) is 11.4. The predicted molar refractivity (Wildman–Crippen MR) is 102 cm³/mol. The molecule has 24 heavy (non-hydrogen) atoms. The van der Waals surface area contributed by atoms with Crippen molar-refractivity contribution < 1.29 is 4.79 Å². The minimum absolute atomic E-state index is 0.0699. The molecule has 0 aliphatic carbocycles. The van der Waals surface area contributed by atoms with Crippen LogP contribution in [0.1, 0.15) is 56.5 Å². The topological polar surface area (TPSA) is 17.1 Å². The van der Waals surface area contributed by atoms with Crippen molar-refractivity contribution in [1.82, 2.24) is 0 Å². The van der Waals surface area contributed by atoms with Gasteiger partial charge in [0.15, 0.2) is 5.78 Å². The number of carbonyl (C=O) groups is 1. The van der Waals surface area contributed by atoms with E-state index in [4.69, 9.17) is 0 Å². The molecule has 0 aliphatic heterocycles. The van der Waals surface area contributed by atoms with Gasteiger partial charge < -0.3 is 0 Å². The van der Waals surface area contributed by atoms with E-state index in [9.17, 15) is 4.79 Å². The summed E-state index contributed by atoms with van der Waals surface area (Å²) in [7, 11) is 0. The molecule has 0 saturated carbocycles. The van der Waals surface area contributed by atoms with E-state index in [1.807, 2.05) is 55.5 Å². The lowest BCUT2D eigenvalue weighted by atomic mass is 9.85. The maximum absolute atomic E-state index is 12.8. The number of ketones is 1. The van der Waals surface area contributed by atoms with Gasteiger partial charge in [0.1, 0.15) is 0 Å². The van der Waals surface area contributed by atoms with Crippen molar-refractivity contribution in [3.63, 3.8) is 0 Å². The van der Waals surface area contributed by atoms with Crippen molar-refractivity contribution >= 4 is 11.4 Å².